The zero-order chi connectivity index (χ0) is 22.4. The molecule has 0 fully saturated rings. The van der Waals surface area contributed by atoms with E-state index in [1.54, 1.807) is 13.0 Å². The summed E-state index contributed by atoms with van der Waals surface area (Å²) in [5.41, 5.74) is 3.43. The van der Waals surface area contributed by atoms with Crippen molar-refractivity contribution in [3.8, 4) is 10.6 Å². The summed E-state index contributed by atoms with van der Waals surface area (Å²) in [6.07, 6.45) is 2.49. The SMILES string of the molecule is Cc1noc2nc(-c3cccs3)cc(C(=O)Nc3sc4c(c3C(=O)OC(C)C)CCC4)c12. The van der Waals surface area contributed by atoms with E-state index in [0.29, 0.717) is 38.6 Å². The molecule has 1 amide bonds. The molecule has 0 aliphatic heterocycles. The first-order valence-corrected chi connectivity index (χ1v) is 12.1. The van der Waals surface area contributed by atoms with Crippen LogP contribution in [0.3, 0.4) is 0 Å². The molecule has 0 aromatic carbocycles. The molecule has 7 nitrogen and oxygen atoms in total. The van der Waals surface area contributed by atoms with Crippen LogP contribution in [0.5, 0.6) is 0 Å². The molecule has 0 saturated carbocycles. The van der Waals surface area contributed by atoms with Gasteiger partial charge in [0, 0.05) is 4.88 Å². The Balaban J connectivity index is 1.56. The van der Waals surface area contributed by atoms with Gasteiger partial charge in [0.2, 0.25) is 0 Å². The second-order valence-electron chi connectivity index (χ2n) is 7.95. The van der Waals surface area contributed by atoms with Crippen LogP contribution in [0.4, 0.5) is 5.00 Å². The van der Waals surface area contributed by atoms with Gasteiger partial charge in [0.1, 0.15) is 5.00 Å². The highest BCUT2D eigenvalue weighted by molar-refractivity contribution is 7.17. The second-order valence-corrected chi connectivity index (χ2v) is 10.0. The molecule has 0 radical (unpaired) electrons. The first-order chi connectivity index (χ1) is 15.4. The van der Waals surface area contributed by atoms with Crippen molar-refractivity contribution in [2.24, 2.45) is 0 Å². The zero-order valence-corrected chi connectivity index (χ0v) is 19.5. The van der Waals surface area contributed by atoms with Crippen LogP contribution in [0.25, 0.3) is 21.7 Å². The third-order valence-corrected chi connectivity index (χ3v) is 7.43. The largest absolute Gasteiger partial charge is 0.459 e. The van der Waals surface area contributed by atoms with Crippen molar-refractivity contribution in [1.82, 2.24) is 10.1 Å². The molecule has 0 atom stereocenters. The molecule has 4 heterocycles. The topological polar surface area (TPSA) is 94.3 Å². The normalized spacial score (nSPS) is 13.0. The number of aromatic nitrogens is 2. The Kier molecular flexibility index (Phi) is 5.30. The second kappa shape index (κ2) is 8.14. The molecule has 0 bridgehead atoms. The summed E-state index contributed by atoms with van der Waals surface area (Å²) in [4.78, 5) is 32.9. The van der Waals surface area contributed by atoms with Gasteiger partial charge in [-0.3, -0.25) is 4.79 Å². The number of carbonyl (C=O) groups excluding carboxylic acids is 2. The van der Waals surface area contributed by atoms with Crippen LogP contribution >= 0.6 is 22.7 Å². The van der Waals surface area contributed by atoms with E-state index in [-0.39, 0.29) is 12.0 Å². The summed E-state index contributed by atoms with van der Waals surface area (Å²) < 4.78 is 10.9. The van der Waals surface area contributed by atoms with Gasteiger partial charge in [-0.1, -0.05) is 11.2 Å². The highest BCUT2D eigenvalue weighted by Gasteiger charge is 2.30. The van der Waals surface area contributed by atoms with Crippen molar-refractivity contribution in [3.63, 3.8) is 0 Å². The number of hydrogen-bond acceptors (Lipinski definition) is 8. The maximum Gasteiger partial charge on any atom is 0.341 e. The van der Waals surface area contributed by atoms with E-state index in [2.05, 4.69) is 15.5 Å². The van der Waals surface area contributed by atoms with Crippen LogP contribution in [-0.4, -0.2) is 28.1 Å². The van der Waals surface area contributed by atoms with Gasteiger partial charge in [-0.25, -0.2) is 9.78 Å². The van der Waals surface area contributed by atoms with E-state index in [4.69, 9.17) is 9.26 Å². The Morgan fingerprint density at radius 3 is 2.88 bits per heavy atom. The summed E-state index contributed by atoms with van der Waals surface area (Å²) in [6.45, 7) is 5.41. The number of pyridine rings is 1. The number of esters is 1. The first-order valence-electron chi connectivity index (χ1n) is 10.4. The van der Waals surface area contributed by atoms with Crippen LogP contribution in [0.15, 0.2) is 28.1 Å². The number of nitrogens with one attached hydrogen (secondary N) is 1. The van der Waals surface area contributed by atoms with E-state index in [9.17, 15) is 9.59 Å². The van der Waals surface area contributed by atoms with Gasteiger partial charge in [0.25, 0.3) is 11.6 Å². The Labute approximate surface area is 192 Å². The fourth-order valence-electron chi connectivity index (χ4n) is 3.98. The number of rotatable bonds is 5. The van der Waals surface area contributed by atoms with Crippen LogP contribution in [-0.2, 0) is 17.6 Å². The number of amides is 1. The van der Waals surface area contributed by atoms with Crippen LogP contribution in [0, 0.1) is 6.92 Å². The third-order valence-electron chi connectivity index (χ3n) is 5.33. The monoisotopic (exact) mass is 467 g/mol. The number of thiophene rings is 2. The number of fused-ring (bicyclic) bond motifs is 2. The molecule has 9 heteroatoms. The molecule has 4 aromatic rings. The highest BCUT2D eigenvalue weighted by Crippen LogP contribution is 2.40. The fraction of sp³-hybridized carbons (Fsp3) is 0.304. The summed E-state index contributed by atoms with van der Waals surface area (Å²) in [6, 6.07) is 5.62. The predicted molar refractivity (Wildman–Crippen MR) is 125 cm³/mol. The number of carbonyl (C=O) groups is 2. The van der Waals surface area contributed by atoms with Gasteiger partial charge >= 0.3 is 5.97 Å². The van der Waals surface area contributed by atoms with Gasteiger partial charge < -0.3 is 14.6 Å². The Hall–Kier alpha value is -3.04. The van der Waals surface area contributed by atoms with Crippen molar-refractivity contribution < 1.29 is 18.8 Å². The molecule has 5 rings (SSSR count). The van der Waals surface area contributed by atoms with Gasteiger partial charge in [-0.05, 0) is 63.1 Å². The minimum Gasteiger partial charge on any atom is -0.459 e. The average Bonchev–Trinajstić information content (AvgIpc) is 3.51. The standard InChI is InChI=1S/C23H21N3O4S2/c1-11(2)29-23(28)19-13-6-4-7-16(13)32-22(19)25-20(27)14-10-15(17-8-5-9-31-17)24-21-18(14)12(3)26-30-21/h5,8-11H,4,6-7H2,1-3H3,(H,25,27). The van der Waals surface area contributed by atoms with Crippen LogP contribution in [0.2, 0.25) is 0 Å². The molecule has 1 aliphatic carbocycles. The summed E-state index contributed by atoms with van der Waals surface area (Å²) in [7, 11) is 0. The van der Waals surface area contributed by atoms with Crippen LogP contribution < -0.4 is 5.32 Å². The Bertz CT molecular complexity index is 1340. The molecule has 0 unspecified atom stereocenters. The van der Waals surface area contributed by atoms with Gasteiger partial charge in [0.15, 0.2) is 0 Å². The van der Waals surface area contributed by atoms with E-state index < -0.39 is 5.97 Å². The molecule has 1 aliphatic rings. The quantitative estimate of drug-likeness (QED) is 0.383. The first kappa shape index (κ1) is 20.8. The summed E-state index contributed by atoms with van der Waals surface area (Å²) >= 11 is 2.98. The third kappa shape index (κ3) is 3.61. The summed E-state index contributed by atoms with van der Waals surface area (Å²) in [5.74, 6) is -0.727. The molecule has 164 valence electrons. The zero-order valence-electron chi connectivity index (χ0n) is 17.9. The maximum absolute atomic E-state index is 13.5. The minimum atomic E-state index is -0.394. The van der Waals surface area contributed by atoms with Gasteiger partial charge in [-0.2, -0.15) is 0 Å². The molecular weight excluding hydrogens is 446 g/mol. The molecule has 0 saturated heterocycles. The van der Waals surface area contributed by atoms with Gasteiger partial charge in [-0.15, -0.1) is 22.7 Å². The molecule has 1 N–H and O–H groups in total. The smallest absolute Gasteiger partial charge is 0.341 e. The lowest BCUT2D eigenvalue weighted by molar-refractivity contribution is 0.0378. The van der Waals surface area contributed by atoms with Crippen molar-refractivity contribution in [3.05, 3.63) is 50.8 Å². The Morgan fingerprint density at radius 2 is 2.12 bits per heavy atom. The average molecular weight is 468 g/mol. The van der Waals surface area contributed by atoms with Gasteiger partial charge in [0.05, 0.1) is 38.9 Å². The van der Waals surface area contributed by atoms with E-state index >= 15 is 0 Å². The lowest BCUT2D eigenvalue weighted by Gasteiger charge is -2.11. The van der Waals surface area contributed by atoms with E-state index in [0.717, 1.165) is 34.6 Å². The lowest BCUT2D eigenvalue weighted by atomic mass is 10.1. The molecule has 4 aromatic heterocycles. The van der Waals surface area contributed by atoms with Crippen molar-refractivity contribution in [2.45, 2.75) is 46.1 Å². The van der Waals surface area contributed by atoms with E-state index in [1.165, 1.54) is 22.7 Å². The highest BCUT2D eigenvalue weighted by atomic mass is 32.1. The van der Waals surface area contributed by atoms with Crippen molar-refractivity contribution in [2.75, 3.05) is 5.32 Å². The number of aryl methyl sites for hydroxylation is 2. The molecule has 32 heavy (non-hydrogen) atoms. The van der Waals surface area contributed by atoms with E-state index in [1.807, 2.05) is 31.4 Å². The number of hydrogen-bond donors (Lipinski definition) is 1. The van der Waals surface area contributed by atoms with Crippen molar-refractivity contribution >= 4 is 50.7 Å². The lowest BCUT2D eigenvalue weighted by Crippen LogP contribution is -2.17. The number of anilines is 1. The maximum atomic E-state index is 13.5. The molecular formula is C23H21N3O4S2. The molecule has 0 spiro atoms. The van der Waals surface area contributed by atoms with Crippen molar-refractivity contribution in [1.29, 1.82) is 0 Å². The Morgan fingerprint density at radius 1 is 1.28 bits per heavy atom. The predicted octanol–water partition coefficient (Wildman–Crippen LogP) is 5.63. The fourth-order valence-corrected chi connectivity index (χ4v) is 5.93. The number of ether oxygens (including phenoxy) is 1. The van der Waals surface area contributed by atoms with Crippen LogP contribution in [0.1, 0.15) is 57.1 Å². The summed E-state index contributed by atoms with van der Waals surface area (Å²) in [5, 5.41) is 10.0. The minimum absolute atomic E-state index is 0.240. The number of nitrogens with zero attached hydrogens (tertiary/aromatic N) is 2.